The van der Waals surface area contributed by atoms with Crippen LogP contribution >= 0.6 is 24.0 Å². The first-order chi connectivity index (χ1) is 10.6. The third-order valence-corrected chi connectivity index (χ3v) is 4.63. The minimum atomic E-state index is -0.233. The van der Waals surface area contributed by atoms with Crippen LogP contribution in [0.1, 0.15) is 48.0 Å². The van der Waals surface area contributed by atoms with Crippen molar-refractivity contribution in [3.63, 3.8) is 0 Å². The molecule has 3 N–H and O–H groups in total. The van der Waals surface area contributed by atoms with Crippen molar-refractivity contribution in [1.82, 2.24) is 16.0 Å². The zero-order chi connectivity index (χ0) is 17.3. The van der Waals surface area contributed by atoms with E-state index in [1.54, 1.807) is 0 Å². The Hall–Kier alpha value is -0.570. The van der Waals surface area contributed by atoms with E-state index in [1.165, 1.54) is 0 Å². The predicted molar refractivity (Wildman–Crippen MR) is 108 cm³/mol. The van der Waals surface area contributed by atoms with E-state index in [4.69, 9.17) is 4.74 Å². The van der Waals surface area contributed by atoms with E-state index in [-0.39, 0.29) is 47.4 Å². The molecule has 0 spiro atoms. The molecule has 2 rings (SSSR count). The highest BCUT2D eigenvalue weighted by Gasteiger charge is 2.59. The molecule has 3 atom stereocenters. The van der Waals surface area contributed by atoms with Crippen LogP contribution < -0.4 is 16.0 Å². The van der Waals surface area contributed by atoms with Crippen LogP contribution in [0, 0.1) is 11.3 Å². The van der Waals surface area contributed by atoms with Gasteiger partial charge in [-0.3, -0.25) is 4.79 Å². The first-order valence-electron chi connectivity index (χ1n) is 8.62. The highest BCUT2D eigenvalue weighted by atomic mass is 127. The molecule has 3 unspecified atom stereocenters. The van der Waals surface area contributed by atoms with Gasteiger partial charge in [0.2, 0.25) is 5.91 Å². The number of amides is 1. The highest BCUT2D eigenvalue weighted by molar-refractivity contribution is 14.0. The maximum Gasteiger partial charge on any atom is 0.242 e. The Morgan fingerprint density at radius 2 is 2.00 bits per heavy atom. The average molecular weight is 452 g/mol. The third kappa shape index (κ3) is 4.97. The van der Waals surface area contributed by atoms with E-state index >= 15 is 0 Å². The largest absolute Gasteiger partial charge is 0.377 e. The van der Waals surface area contributed by atoms with Gasteiger partial charge in [-0.2, -0.15) is 0 Å². The highest BCUT2D eigenvalue weighted by Crippen LogP contribution is 2.52. The summed E-state index contributed by atoms with van der Waals surface area (Å²) in [5.41, 5.74) is -0.145. The molecule has 0 aromatic carbocycles. The zero-order valence-electron chi connectivity index (χ0n) is 15.7. The molecule has 1 saturated heterocycles. The number of fused-ring (bicyclic) bond motifs is 1. The van der Waals surface area contributed by atoms with Crippen LogP contribution in [0.25, 0.3) is 0 Å². The van der Waals surface area contributed by atoms with Gasteiger partial charge in [-0.05, 0) is 34.1 Å². The van der Waals surface area contributed by atoms with Crippen molar-refractivity contribution in [3.8, 4) is 0 Å². The Kier molecular flexibility index (Phi) is 7.34. The van der Waals surface area contributed by atoms with Gasteiger partial charge in [-0.1, -0.05) is 13.8 Å². The van der Waals surface area contributed by atoms with Gasteiger partial charge in [0.25, 0.3) is 0 Å². The second kappa shape index (κ2) is 8.21. The number of carbonyl (C=O) groups excluding carboxylic acids is 1. The fourth-order valence-electron chi connectivity index (χ4n) is 3.69. The first-order valence-corrected chi connectivity index (χ1v) is 8.62. The first kappa shape index (κ1) is 21.5. The summed E-state index contributed by atoms with van der Waals surface area (Å²) in [6, 6.07) is 0.332. The molecule has 0 aromatic heterocycles. The second-order valence-corrected chi connectivity index (χ2v) is 8.18. The molecular formula is C17H33IN4O2. The second-order valence-electron chi connectivity index (χ2n) is 8.18. The molecule has 24 heavy (non-hydrogen) atoms. The topological polar surface area (TPSA) is 74.8 Å². The minimum Gasteiger partial charge on any atom is -0.377 e. The molecule has 0 radical (unpaired) electrons. The van der Waals surface area contributed by atoms with Gasteiger partial charge in [0, 0.05) is 36.1 Å². The van der Waals surface area contributed by atoms with E-state index in [9.17, 15) is 4.79 Å². The van der Waals surface area contributed by atoms with Gasteiger partial charge in [-0.15, -0.1) is 24.0 Å². The summed E-state index contributed by atoms with van der Waals surface area (Å²) < 4.78 is 5.83. The van der Waals surface area contributed by atoms with Gasteiger partial charge >= 0.3 is 0 Å². The summed E-state index contributed by atoms with van der Waals surface area (Å²) in [5.74, 6) is 1.18. The number of rotatable bonds is 4. The smallest absolute Gasteiger partial charge is 0.242 e. The molecule has 7 heteroatoms. The van der Waals surface area contributed by atoms with Crippen molar-refractivity contribution >= 4 is 35.8 Å². The third-order valence-electron chi connectivity index (χ3n) is 4.63. The van der Waals surface area contributed by atoms with E-state index in [0.29, 0.717) is 24.0 Å². The Morgan fingerprint density at radius 3 is 2.58 bits per heavy atom. The lowest BCUT2D eigenvalue weighted by atomic mass is 9.57. The monoisotopic (exact) mass is 452 g/mol. The molecule has 2 aliphatic rings. The van der Waals surface area contributed by atoms with E-state index in [0.717, 1.165) is 19.6 Å². The van der Waals surface area contributed by atoms with Crippen molar-refractivity contribution in [2.24, 2.45) is 16.3 Å². The van der Waals surface area contributed by atoms with Gasteiger partial charge in [0.15, 0.2) is 5.96 Å². The number of nitrogens with one attached hydrogen (secondary N) is 3. The van der Waals surface area contributed by atoms with Crippen molar-refractivity contribution in [2.75, 3.05) is 19.7 Å². The molecule has 1 amide bonds. The standard InChI is InChI=1S/C17H32N4O2.HI/c1-7-18-15(19-10-12(22)21-16(2,3)4)20-13-11-8-9-23-14(11)17(13,5)6;/h11,13-14H,7-10H2,1-6H3,(H,21,22)(H2,18,19,20);1H. The number of aliphatic imine (C=N–C) groups is 1. The average Bonchev–Trinajstić information content (AvgIpc) is 2.86. The SMILES string of the molecule is CCNC(=NCC(=O)NC(C)(C)C)NC1C2CCOC2C1(C)C.I. The van der Waals surface area contributed by atoms with Crippen molar-refractivity contribution < 1.29 is 9.53 Å². The number of nitrogens with zero attached hydrogens (tertiary/aromatic N) is 1. The van der Waals surface area contributed by atoms with Gasteiger partial charge < -0.3 is 20.7 Å². The summed E-state index contributed by atoms with van der Waals surface area (Å²) in [7, 11) is 0. The molecule has 140 valence electrons. The van der Waals surface area contributed by atoms with Crippen LogP contribution in [-0.4, -0.2) is 49.2 Å². The van der Waals surface area contributed by atoms with Gasteiger partial charge in [0.1, 0.15) is 6.54 Å². The normalized spacial score (nSPS) is 28.2. The van der Waals surface area contributed by atoms with Crippen LogP contribution in [0.3, 0.4) is 0 Å². The lowest BCUT2D eigenvalue weighted by Crippen LogP contribution is -2.68. The zero-order valence-corrected chi connectivity index (χ0v) is 18.1. The maximum absolute atomic E-state index is 12.0. The summed E-state index contributed by atoms with van der Waals surface area (Å²) in [6.07, 6.45) is 1.43. The quantitative estimate of drug-likeness (QED) is 0.346. The van der Waals surface area contributed by atoms with Crippen molar-refractivity contribution in [1.29, 1.82) is 0 Å². The van der Waals surface area contributed by atoms with Crippen molar-refractivity contribution in [2.45, 2.75) is 65.6 Å². The maximum atomic E-state index is 12.0. The summed E-state index contributed by atoms with van der Waals surface area (Å²) in [6.45, 7) is 14.1. The Labute approximate surface area is 163 Å². The number of guanidine groups is 1. The van der Waals surface area contributed by atoms with Crippen LogP contribution in [-0.2, 0) is 9.53 Å². The fraction of sp³-hybridized carbons (Fsp3) is 0.882. The molecule has 1 aliphatic carbocycles. The van der Waals surface area contributed by atoms with E-state index in [1.807, 2.05) is 27.7 Å². The van der Waals surface area contributed by atoms with Gasteiger partial charge in [-0.25, -0.2) is 4.99 Å². The van der Waals surface area contributed by atoms with Gasteiger partial charge in [0.05, 0.1) is 6.10 Å². The van der Waals surface area contributed by atoms with E-state index < -0.39 is 0 Å². The Balaban J connectivity index is 0.00000288. The van der Waals surface area contributed by atoms with Crippen LogP contribution in [0.15, 0.2) is 4.99 Å². The molecule has 1 heterocycles. The summed E-state index contributed by atoms with van der Waals surface area (Å²) in [5, 5.41) is 9.68. The molecule has 0 bridgehead atoms. The van der Waals surface area contributed by atoms with Crippen LogP contribution in [0.5, 0.6) is 0 Å². The molecular weight excluding hydrogens is 419 g/mol. The molecule has 1 saturated carbocycles. The number of ether oxygens (including phenoxy) is 1. The molecule has 6 nitrogen and oxygen atoms in total. The fourth-order valence-corrected chi connectivity index (χ4v) is 3.69. The lowest BCUT2D eigenvalue weighted by molar-refractivity contribution is -0.121. The molecule has 0 aromatic rings. The van der Waals surface area contributed by atoms with Crippen LogP contribution in [0.4, 0.5) is 0 Å². The molecule has 2 fully saturated rings. The van der Waals surface area contributed by atoms with Crippen molar-refractivity contribution in [3.05, 3.63) is 0 Å². The Bertz CT molecular complexity index is 474. The number of hydrogen-bond donors (Lipinski definition) is 3. The summed E-state index contributed by atoms with van der Waals surface area (Å²) in [4.78, 5) is 16.4. The number of carbonyl (C=O) groups is 1. The Morgan fingerprint density at radius 1 is 1.33 bits per heavy atom. The lowest BCUT2D eigenvalue weighted by Gasteiger charge is -2.54. The van der Waals surface area contributed by atoms with E-state index in [2.05, 4.69) is 34.8 Å². The predicted octanol–water partition coefficient (Wildman–Crippen LogP) is 1.89. The molecule has 1 aliphatic heterocycles. The van der Waals surface area contributed by atoms with Crippen LogP contribution in [0.2, 0.25) is 0 Å². The minimum absolute atomic E-state index is 0. The summed E-state index contributed by atoms with van der Waals surface area (Å²) >= 11 is 0. The number of halogens is 1. The number of hydrogen-bond acceptors (Lipinski definition) is 3.